The summed E-state index contributed by atoms with van der Waals surface area (Å²) in [7, 11) is 0. The average Bonchev–Trinajstić information content (AvgIpc) is 2.75. The van der Waals surface area contributed by atoms with Crippen LogP contribution in [0.4, 0.5) is 5.69 Å². The van der Waals surface area contributed by atoms with Gasteiger partial charge in [-0.15, -0.1) is 24.0 Å². The molecule has 2 aromatic carbocycles. The van der Waals surface area contributed by atoms with Crippen LogP contribution < -0.4 is 16.0 Å². The Hall–Kier alpha value is -2.13. The van der Waals surface area contributed by atoms with Gasteiger partial charge in [0.1, 0.15) is 0 Å². The summed E-state index contributed by atoms with van der Waals surface area (Å²) in [5, 5.41) is 9.83. The topological polar surface area (TPSA) is 68.8 Å². The van der Waals surface area contributed by atoms with Gasteiger partial charge in [-0.2, -0.15) is 0 Å². The van der Waals surface area contributed by atoms with Gasteiger partial charge >= 0.3 is 0 Å². The van der Waals surface area contributed by atoms with Crippen LogP contribution in [0.25, 0.3) is 0 Å². The van der Waals surface area contributed by atoms with Crippen LogP contribution in [0.3, 0.4) is 0 Å². The second-order valence-corrected chi connectivity index (χ2v) is 8.25. The third-order valence-electron chi connectivity index (χ3n) is 5.59. The van der Waals surface area contributed by atoms with Gasteiger partial charge in [0.05, 0.1) is 6.54 Å². The van der Waals surface area contributed by atoms with Gasteiger partial charge in [0, 0.05) is 44.3 Å². The van der Waals surface area contributed by atoms with Crippen LogP contribution in [0, 0.1) is 0 Å². The standard InChI is InChI=1S/C25H35N5O.HI/c1-4-26-25(27-17-22-11-8-12-23(16-22)28-20(3)31)29-24-13-14-30(19(2)15-24)18-21-9-6-5-7-10-21;/h5-12,16,19,24H,4,13-15,17-18H2,1-3H3,(H,28,31)(H2,26,27,29);1H. The third kappa shape index (κ3) is 8.43. The number of nitrogens with one attached hydrogen (secondary N) is 3. The van der Waals surface area contributed by atoms with E-state index in [4.69, 9.17) is 4.99 Å². The summed E-state index contributed by atoms with van der Waals surface area (Å²) in [6, 6.07) is 19.5. The minimum atomic E-state index is -0.0663. The monoisotopic (exact) mass is 549 g/mol. The number of benzene rings is 2. The van der Waals surface area contributed by atoms with Crippen molar-refractivity contribution in [1.82, 2.24) is 15.5 Å². The van der Waals surface area contributed by atoms with Crippen molar-refractivity contribution in [2.75, 3.05) is 18.4 Å². The van der Waals surface area contributed by atoms with Crippen molar-refractivity contribution in [3.8, 4) is 0 Å². The maximum Gasteiger partial charge on any atom is 0.221 e. The highest BCUT2D eigenvalue weighted by Gasteiger charge is 2.25. The molecular weight excluding hydrogens is 513 g/mol. The lowest BCUT2D eigenvalue weighted by Crippen LogP contribution is -2.51. The third-order valence-corrected chi connectivity index (χ3v) is 5.59. The fourth-order valence-corrected chi connectivity index (χ4v) is 4.04. The van der Waals surface area contributed by atoms with E-state index < -0.39 is 0 Å². The molecule has 2 aromatic rings. The highest BCUT2D eigenvalue weighted by atomic mass is 127. The Balaban J connectivity index is 0.00000363. The first-order valence-corrected chi connectivity index (χ1v) is 11.2. The summed E-state index contributed by atoms with van der Waals surface area (Å²) >= 11 is 0. The molecule has 1 fully saturated rings. The predicted octanol–water partition coefficient (Wildman–Crippen LogP) is 4.37. The Morgan fingerprint density at radius 2 is 1.88 bits per heavy atom. The summed E-state index contributed by atoms with van der Waals surface area (Å²) in [6.07, 6.45) is 2.19. The number of guanidine groups is 1. The number of rotatable bonds is 7. The molecule has 0 radical (unpaired) electrons. The van der Waals surface area contributed by atoms with Crippen LogP contribution in [0.5, 0.6) is 0 Å². The Morgan fingerprint density at radius 3 is 2.56 bits per heavy atom. The Labute approximate surface area is 209 Å². The summed E-state index contributed by atoms with van der Waals surface area (Å²) in [5.41, 5.74) is 3.24. The molecule has 3 N–H and O–H groups in total. The summed E-state index contributed by atoms with van der Waals surface area (Å²) in [5.74, 6) is 0.782. The van der Waals surface area contributed by atoms with Gasteiger partial charge in [-0.1, -0.05) is 42.5 Å². The normalized spacial score (nSPS) is 19.0. The molecule has 2 atom stereocenters. The fourth-order valence-electron chi connectivity index (χ4n) is 4.04. The zero-order chi connectivity index (χ0) is 22.1. The van der Waals surface area contributed by atoms with Crippen LogP contribution in [0.15, 0.2) is 59.6 Å². The Morgan fingerprint density at radius 1 is 1.12 bits per heavy atom. The molecule has 1 aliphatic rings. The highest BCUT2D eigenvalue weighted by molar-refractivity contribution is 14.0. The van der Waals surface area contributed by atoms with E-state index in [1.807, 2.05) is 24.3 Å². The molecule has 6 nitrogen and oxygen atoms in total. The average molecular weight is 550 g/mol. The van der Waals surface area contributed by atoms with Gasteiger partial charge in [0.25, 0.3) is 0 Å². The highest BCUT2D eigenvalue weighted by Crippen LogP contribution is 2.20. The number of amides is 1. The van der Waals surface area contributed by atoms with Crippen molar-refractivity contribution in [3.05, 3.63) is 65.7 Å². The van der Waals surface area contributed by atoms with Crippen LogP contribution in [0.2, 0.25) is 0 Å². The first-order valence-electron chi connectivity index (χ1n) is 11.2. The lowest BCUT2D eigenvalue weighted by atomic mass is 9.97. The molecule has 1 aliphatic heterocycles. The van der Waals surface area contributed by atoms with Crippen molar-refractivity contribution in [2.24, 2.45) is 4.99 Å². The van der Waals surface area contributed by atoms with E-state index in [0.717, 1.165) is 49.7 Å². The molecule has 32 heavy (non-hydrogen) atoms. The zero-order valence-corrected chi connectivity index (χ0v) is 21.6. The van der Waals surface area contributed by atoms with Gasteiger partial charge in [-0.05, 0) is 49.9 Å². The van der Waals surface area contributed by atoms with Crippen LogP contribution in [-0.2, 0) is 17.9 Å². The van der Waals surface area contributed by atoms with E-state index in [0.29, 0.717) is 18.6 Å². The molecular formula is C25H36IN5O. The molecule has 1 heterocycles. The van der Waals surface area contributed by atoms with Crippen molar-refractivity contribution in [2.45, 2.75) is 58.8 Å². The van der Waals surface area contributed by atoms with Gasteiger partial charge in [0.15, 0.2) is 5.96 Å². The number of nitrogens with zero attached hydrogens (tertiary/aromatic N) is 2. The van der Waals surface area contributed by atoms with Crippen molar-refractivity contribution >= 4 is 41.5 Å². The molecule has 0 bridgehead atoms. The van der Waals surface area contributed by atoms with Gasteiger partial charge in [0.2, 0.25) is 5.91 Å². The van der Waals surface area contributed by atoms with E-state index in [9.17, 15) is 4.79 Å². The van der Waals surface area contributed by atoms with E-state index in [-0.39, 0.29) is 29.9 Å². The molecule has 1 amide bonds. The van der Waals surface area contributed by atoms with E-state index >= 15 is 0 Å². The minimum absolute atomic E-state index is 0. The summed E-state index contributed by atoms with van der Waals surface area (Å²) < 4.78 is 0. The number of hydrogen-bond donors (Lipinski definition) is 3. The molecule has 0 aromatic heterocycles. The largest absolute Gasteiger partial charge is 0.357 e. The lowest BCUT2D eigenvalue weighted by Gasteiger charge is -2.38. The van der Waals surface area contributed by atoms with Crippen LogP contribution in [-0.4, -0.2) is 41.9 Å². The second-order valence-electron chi connectivity index (χ2n) is 8.25. The maximum atomic E-state index is 11.3. The Kier molecular flexibility index (Phi) is 11.0. The number of halogens is 1. The summed E-state index contributed by atoms with van der Waals surface area (Å²) in [4.78, 5) is 18.6. The van der Waals surface area contributed by atoms with Gasteiger partial charge in [-0.25, -0.2) is 4.99 Å². The molecule has 0 saturated carbocycles. The van der Waals surface area contributed by atoms with Gasteiger partial charge in [-0.3, -0.25) is 9.69 Å². The molecule has 1 saturated heterocycles. The number of piperidine rings is 1. The molecule has 2 unspecified atom stereocenters. The quantitative estimate of drug-likeness (QED) is 0.273. The molecule has 0 spiro atoms. The molecule has 7 heteroatoms. The first kappa shape index (κ1) is 26.1. The van der Waals surface area contributed by atoms with Crippen molar-refractivity contribution in [1.29, 1.82) is 0 Å². The number of carbonyl (C=O) groups is 1. The first-order chi connectivity index (χ1) is 15.0. The minimum Gasteiger partial charge on any atom is -0.357 e. The van der Waals surface area contributed by atoms with Gasteiger partial charge < -0.3 is 16.0 Å². The number of likely N-dealkylation sites (tertiary alicyclic amines) is 1. The van der Waals surface area contributed by atoms with E-state index in [1.54, 1.807) is 0 Å². The SMILES string of the molecule is CCNC(=NCc1cccc(NC(C)=O)c1)NC1CCN(Cc2ccccc2)C(C)C1.I. The smallest absolute Gasteiger partial charge is 0.221 e. The summed E-state index contributed by atoms with van der Waals surface area (Å²) in [6.45, 7) is 9.38. The fraction of sp³-hybridized carbons (Fsp3) is 0.440. The van der Waals surface area contributed by atoms with Crippen molar-refractivity contribution < 1.29 is 4.79 Å². The molecule has 0 aliphatic carbocycles. The zero-order valence-electron chi connectivity index (χ0n) is 19.3. The predicted molar refractivity (Wildman–Crippen MR) is 143 cm³/mol. The second kappa shape index (κ2) is 13.4. The van der Waals surface area contributed by atoms with E-state index in [2.05, 4.69) is 65.0 Å². The van der Waals surface area contributed by atoms with Crippen molar-refractivity contribution in [3.63, 3.8) is 0 Å². The number of carbonyl (C=O) groups excluding carboxylic acids is 1. The number of anilines is 1. The Bertz CT molecular complexity index is 874. The molecule has 174 valence electrons. The molecule has 3 rings (SSSR count). The van der Waals surface area contributed by atoms with Crippen LogP contribution in [0.1, 0.15) is 44.7 Å². The number of aliphatic imine (C=N–C) groups is 1. The van der Waals surface area contributed by atoms with Crippen LogP contribution >= 0.6 is 24.0 Å². The number of hydrogen-bond acceptors (Lipinski definition) is 3. The lowest BCUT2D eigenvalue weighted by molar-refractivity contribution is -0.114. The van der Waals surface area contributed by atoms with E-state index in [1.165, 1.54) is 12.5 Å². The maximum absolute atomic E-state index is 11.3.